The van der Waals surface area contributed by atoms with Crippen LogP contribution in [0, 0.1) is 6.92 Å². The van der Waals surface area contributed by atoms with Crippen molar-refractivity contribution in [3.8, 4) is 0 Å². The number of anilines is 2. The first kappa shape index (κ1) is 21.5. The first-order chi connectivity index (χ1) is 16.0. The number of imidazole rings is 1. The number of hydrogen-bond acceptors (Lipinski definition) is 4. The van der Waals surface area contributed by atoms with E-state index in [1.165, 1.54) is 14.7 Å². The van der Waals surface area contributed by atoms with Crippen molar-refractivity contribution in [2.24, 2.45) is 7.05 Å². The maximum Gasteiger partial charge on any atom is 0.332 e. The molecule has 7 nitrogen and oxygen atoms in total. The summed E-state index contributed by atoms with van der Waals surface area (Å²) in [5, 5.41) is 0.689. The molecule has 0 saturated carbocycles. The highest BCUT2D eigenvalue weighted by Crippen LogP contribution is 2.33. The number of rotatable bonds is 5. The van der Waals surface area contributed by atoms with Gasteiger partial charge in [-0.1, -0.05) is 48.0 Å². The van der Waals surface area contributed by atoms with Gasteiger partial charge in [0.2, 0.25) is 5.95 Å². The molecule has 0 radical (unpaired) electrons. The van der Waals surface area contributed by atoms with Crippen LogP contribution in [0.2, 0.25) is 5.02 Å². The Labute approximate surface area is 196 Å². The van der Waals surface area contributed by atoms with Crippen LogP contribution >= 0.6 is 11.6 Å². The molecule has 2 aromatic carbocycles. The second-order valence-corrected chi connectivity index (χ2v) is 8.97. The molecule has 1 aliphatic rings. The Kier molecular flexibility index (Phi) is 5.58. The van der Waals surface area contributed by atoms with Gasteiger partial charge in [-0.2, -0.15) is 4.98 Å². The van der Waals surface area contributed by atoms with Crippen molar-refractivity contribution in [1.82, 2.24) is 18.7 Å². The molecule has 3 heterocycles. The minimum Gasteiger partial charge on any atom is -0.312 e. The number of aryl methyl sites for hydroxylation is 4. The summed E-state index contributed by atoms with van der Waals surface area (Å²) < 4.78 is 4.79. The van der Waals surface area contributed by atoms with E-state index in [-0.39, 0.29) is 11.2 Å². The number of benzene rings is 2. The highest BCUT2D eigenvalue weighted by Gasteiger charge is 2.27. The lowest BCUT2D eigenvalue weighted by Gasteiger charge is -2.29. The Balaban J connectivity index is 1.56. The van der Waals surface area contributed by atoms with Gasteiger partial charge in [-0.15, -0.1) is 0 Å². The van der Waals surface area contributed by atoms with E-state index in [1.807, 2.05) is 47.9 Å². The third kappa shape index (κ3) is 3.76. The van der Waals surface area contributed by atoms with E-state index in [9.17, 15) is 9.59 Å². The minimum absolute atomic E-state index is 0.274. The van der Waals surface area contributed by atoms with Crippen LogP contribution in [-0.4, -0.2) is 25.2 Å². The maximum absolute atomic E-state index is 13.5. The van der Waals surface area contributed by atoms with Gasteiger partial charge >= 0.3 is 5.69 Å². The van der Waals surface area contributed by atoms with Crippen LogP contribution in [0.5, 0.6) is 0 Å². The molecule has 0 amide bonds. The Hall–Kier alpha value is -3.32. The predicted octanol–water partition coefficient (Wildman–Crippen LogP) is 4.03. The molecule has 0 saturated heterocycles. The Morgan fingerprint density at radius 2 is 1.85 bits per heavy atom. The monoisotopic (exact) mass is 463 g/mol. The smallest absolute Gasteiger partial charge is 0.312 e. The van der Waals surface area contributed by atoms with E-state index < -0.39 is 0 Å². The number of halogens is 1. The zero-order valence-corrected chi connectivity index (χ0v) is 19.5. The van der Waals surface area contributed by atoms with Gasteiger partial charge in [-0.3, -0.25) is 13.9 Å². The zero-order chi connectivity index (χ0) is 23.1. The standard InChI is InChI=1S/C25H26ClN5O2/c1-17-11-12-19(16-20(17)26)29-14-7-15-30-21-22(27-24(29)30)28(2)25(33)31(23(21)32)13-6-10-18-8-4-3-5-9-18/h3-5,8-9,11-12,16H,6-7,10,13-15H2,1-2H3. The lowest BCUT2D eigenvalue weighted by Crippen LogP contribution is -2.40. The van der Waals surface area contributed by atoms with Crippen LogP contribution in [0.15, 0.2) is 58.1 Å². The molecular formula is C25H26ClN5O2. The molecule has 1 aliphatic heterocycles. The molecule has 0 N–H and O–H groups in total. The SMILES string of the molecule is Cc1ccc(N2CCCn3c2nc2c3c(=O)n(CCCc3ccccc3)c(=O)n2C)cc1Cl. The van der Waals surface area contributed by atoms with Crippen molar-refractivity contribution in [1.29, 1.82) is 0 Å². The number of nitrogens with zero attached hydrogens (tertiary/aromatic N) is 5. The van der Waals surface area contributed by atoms with Crippen molar-refractivity contribution < 1.29 is 0 Å². The average Bonchev–Trinajstić information content (AvgIpc) is 3.22. The lowest BCUT2D eigenvalue weighted by molar-refractivity contribution is 0.565. The molecular weight excluding hydrogens is 438 g/mol. The highest BCUT2D eigenvalue weighted by molar-refractivity contribution is 6.31. The van der Waals surface area contributed by atoms with E-state index in [0.717, 1.165) is 30.6 Å². The summed E-state index contributed by atoms with van der Waals surface area (Å²) in [5.74, 6) is 0.672. The van der Waals surface area contributed by atoms with Crippen molar-refractivity contribution in [2.45, 2.75) is 39.3 Å². The summed E-state index contributed by atoms with van der Waals surface area (Å²) in [6.45, 7) is 3.78. The molecule has 170 valence electrons. The molecule has 0 spiro atoms. The highest BCUT2D eigenvalue weighted by atomic mass is 35.5. The van der Waals surface area contributed by atoms with E-state index in [1.54, 1.807) is 7.05 Å². The third-order valence-corrected chi connectivity index (χ3v) is 6.78. The van der Waals surface area contributed by atoms with Crippen molar-refractivity contribution in [3.05, 3.63) is 85.5 Å². The lowest BCUT2D eigenvalue weighted by atomic mass is 10.1. The molecule has 0 fully saturated rings. The molecule has 33 heavy (non-hydrogen) atoms. The first-order valence-corrected chi connectivity index (χ1v) is 11.6. The Morgan fingerprint density at radius 3 is 2.61 bits per heavy atom. The van der Waals surface area contributed by atoms with E-state index >= 15 is 0 Å². The summed E-state index contributed by atoms with van der Waals surface area (Å²) >= 11 is 6.37. The molecule has 5 rings (SSSR count). The van der Waals surface area contributed by atoms with Crippen LogP contribution in [0.4, 0.5) is 11.6 Å². The van der Waals surface area contributed by atoms with E-state index in [2.05, 4.69) is 17.0 Å². The second kappa shape index (κ2) is 8.56. The molecule has 0 atom stereocenters. The van der Waals surface area contributed by atoms with Crippen LogP contribution in [0.3, 0.4) is 0 Å². The van der Waals surface area contributed by atoms with Gasteiger partial charge in [0.05, 0.1) is 0 Å². The largest absolute Gasteiger partial charge is 0.332 e. The minimum atomic E-state index is -0.332. The third-order valence-electron chi connectivity index (χ3n) is 6.37. The van der Waals surface area contributed by atoms with Gasteiger partial charge in [0.15, 0.2) is 11.2 Å². The van der Waals surface area contributed by atoms with Gasteiger partial charge in [-0.25, -0.2) is 4.79 Å². The summed E-state index contributed by atoms with van der Waals surface area (Å²) in [5.41, 5.74) is 3.42. The van der Waals surface area contributed by atoms with Crippen LogP contribution in [-0.2, 0) is 26.6 Å². The quantitative estimate of drug-likeness (QED) is 0.448. The summed E-state index contributed by atoms with van der Waals surface area (Å²) in [6, 6.07) is 16.0. The first-order valence-electron chi connectivity index (χ1n) is 11.2. The summed E-state index contributed by atoms with van der Waals surface area (Å²) in [6.07, 6.45) is 2.38. The van der Waals surface area contributed by atoms with Crippen molar-refractivity contribution >= 4 is 34.4 Å². The van der Waals surface area contributed by atoms with Gasteiger partial charge < -0.3 is 9.47 Å². The Morgan fingerprint density at radius 1 is 1.06 bits per heavy atom. The van der Waals surface area contributed by atoms with E-state index in [4.69, 9.17) is 16.6 Å². The molecule has 0 bridgehead atoms. The predicted molar refractivity (Wildman–Crippen MR) is 132 cm³/mol. The van der Waals surface area contributed by atoms with Gasteiger partial charge in [0.1, 0.15) is 0 Å². The fourth-order valence-electron chi connectivity index (χ4n) is 4.54. The van der Waals surface area contributed by atoms with Crippen molar-refractivity contribution in [3.63, 3.8) is 0 Å². The van der Waals surface area contributed by atoms with Crippen molar-refractivity contribution in [2.75, 3.05) is 11.4 Å². The fraction of sp³-hybridized carbons (Fsp3) is 0.320. The summed E-state index contributed by atoms with van der Waals surface area (Å²) in [4.78, 5) is 33.3. The van der Waals surface area contributed by atoms with Crippen LogP contribution in [0.1, 0.15) is 24.0 Å². The molecule has 0 aliphatic carbocycles. The van der Waals surface area contributed by atoms with Gasteiger partial charge in [-0.05, 0) is 49.4 Å². The molecule has 8 heteroatoms. The van der Waals surface area contributed by atoms with E-state index in [0.29, 0.717) is 41.6 Å². The van der Waals surface area contributed by atoms with Gasteiger partial charge in [0, 0.05) is 37.4 Å². The average molecular weight is 464 g/mol. The zero-order valence-electron chi connectivity index (χ0n) is 18.8. The normalized spacial score (nSPS) is 13.5. The van der Waals surface area contributed by atoms with Gasteiger partial charge in [0.25, 0.3) is 5.56 Å². The molecule has 4 aromatic rings. The number of hydrogen-bond donors (Lipinski definition) is 0. The summed E-state index contributed by atoms with van der Waals surface area (Å²) in [7, 11) is 1.68. The second-order valence-electron chi connectivity index (χ2n) is 8.56. The number of aromatic nitrogens is 4. The van der Waals surface area contributed by atoms with Crippen LogP contribution < -0.4 is 16.1 Å². The maximum atomic E-state index is 13.5. The Bertz CT molecular complexity index is 1450. The van der Waals surface area contributed by atoms with Crippen LogP contribution in [0.25, 0.3) is 11.2 Å². The number of fused-ring (bicyclic) bond motifs is 3. The molecule has 2 aromatic heterocycles. The fourth-order valence-corrected chi connectivity index (χ4v) is 4.72. The molecule has 0 unspecified atom stereocenters. The topological polar surface area (TPSA) is 65.1 Å².